The third kappa shape index (κ3) is 3.79. The van der Waals surface area contributed by atoms with Crippen LogP contribution in [0.3, 0.4) is 0 Å². The molecule has 2 amide bonds. The highest BCUT2D eigenvalue weighted by Gasteiger charge is 2.38. The molecule has 136 valence electrons. The fraction of sp³-hybridized carbons (Fsp3) is 0.364. The Kier molecular flexibility index (Phi) is 5.71. The van der Waals surface area contributed by atoms with Crippen LogP contribution in [0.1, 0.15) is 25.7 Å². The first-order valence-electron chi connectivity index (χ1n) is 9.25. The quantitative estimate of drug-likeness (QED) is 0.832. The van der Waals surface area contributed by atoms with Crippen LogP contribution in [0.4, 0.5) is 11.4 Å². The second kappa shape index (κ2) is 8.17. The number of para-hydroxylation sites is 2. The van der Waals surface area contributed by atoms with E-state index in [9.17, 15) is 9.59 Å². The first-order chi connectivity index (χ1) is 12.6. The van der Waals surface area contributed by atoms with Crippen LogP contribution in [0.25, 0.3) is 0 Å². The molecule has 26 heavy (non-hydrogen) atoms. The van der Waals surface area contributed by atoms with Gasteiger partial charge in [-0.25, -0.2) is 0 Å². The standard InChI is InChI=1S/C22H26N2O2/c1-23(17-11-5-3-6-12-17)21(25)19-15-9-10-16-20(19)22(26)24(2)18-13-7-4-8-14-18/h3-8,11-14,19-20H,9-10,15-16H2,1-2H3. The van der Waals surface area contributed by atoms with Crippen molar-refractivity contribution in [2.45, 2.75) is 25.7 Å². The van der Waals surface area contributed by atoms with Crippen LogP contribution in [-0.2, 0) is 9.59 Å². The number of benzene rings is 2. The summed E-state index contributed by atoms with van der Waals surface area (Å²) in [6.07, 6.45) is 3.54. The number of amides is 2. The van der Waals surface area contributed by atoms with Crippen molar-refractivity contribution < 1.29 is 9.59 Å². The van der Waals surface area contributed by atoms with E-state index in [0.717, 1.165) is 37.1 Å². The molecule has 0 saturated heterocycles. The van der Waals surface area contributed by atoms with Gasteiger partial charge in [0, 0.05) is 25.5 Å². The number of nitrogens with zero attached hydrogens (tertiary/aromatic N) is 2. The van der Waals surface area contributed by atoms with Gasteiger partial charge in [0.25, 0.3) is 0 Å². The SMILES string of the molecule is CN(C(=O)C1CCCCC1C(=O)N(C)c1ccccc1)c1ccccc1. The maximum absolute atomic E-state index is 13.1. The molecule has 4 heteroatoms. The molecule has 0 aliphatic heterocycles. The molecule has 3 rings (SSSR count). The number of carbonyl (C=O) groups excluding carboxylic acids is 2. The van der Waals surface area contributed by atoms with Gasteiger partial charge in [0.05, 0.1) is 11.8 Å². The fourth-order valence-corrected chi connectivity index (χ4v) is 3.78. The van der Waals surface area contributed by atoms with E-state index in [4.69, 9.17) is 0 Å². The zero-order valence-electron chi connectivity index (χ0n) is 15.5. The van der Waals surface area contributed by atoms with E-state index in [0.29, 0.717) is 0 Å². The lowest BCUT2D eigenvalue weighted by molar-refractivity contribution is -0.133. The predicted octanol–water partition coefficient (Wildman–Crippen LogP) is 4.12. The second-order valence-electron chi connectivity index (χ2n) is 6.96. The summed E-state index contributed by atoms with van der Waals surface area (Å²) in [6, 6.07) is 19.3. The smallest absolute Gasteiger partial charge is 0.230 e. The van der Waals surface area contributed by atoms with Crippen LogP contribution in [-0.4, -0.2) is 25.9 Å². The Morgan fingerprint density at radius 1 is 0.692 bits per heavy atom. The molecule has 1 aliphatic carbocycles. The van der Waals surface area contributed by atoms with Crippen molar-refractivity contribution in [1.29, 1.82) is 0 Å². The van der Waals surface area contributed by atoms with Crippen molar-refractivity contribution in [1.82, 2.24) is 0 Å². The number of hydrogen-bond acceptors (Lipinski definition) is 2. The van der Waals surface area contributed by atoms with Crippen molar-refractivity contribution in [3.05, 3.63) is 60.7 Å². The zero-order chi connectivity index (χ0) is 18.5. The third-order valence-electron chi connectivity index (χ3n) is 5.35. The minimum Gasteiger partial charge on any atom is -0.315 e. The van der Waals surface area contributed by atoms with Crippen molar-refractivity contribution in [3.63, 3.8) is 0 Å². The predicted molar refractivity (Wildman–Crippen MR) is 105 cm³/mol. The summed E-state index contributed by atoms with van der Waals surface area (Å²) in [7, 11) is 3.60. The number of hydrogen-bond donors (Lipinski definition) is 0. The molecule has 2 unspecified atom stereocenters. The van der Waals surface area contributed by atoms with Gasteiger partial charge in [-0.1, -0.05) is 49.2 Å². The molecule has 0 radical (unpaired) electrons. The summed E-state index contributed by atoms with van der Waals surface area (Å²) in [4.78, 5) is 29.6. The Balaban J connectivity index is 1.79. The first-order valence-corrected chi connectivity index (χ1v) is 9.25. The molecule has 2 atom stereocenters. The first kappa shape index (κ1) is 18.2. The largest absolute Gasteiger partial charge is 0.315 e. The molecule has 0 heterocycles. The van der Waals surface area contributed by atoms with Crippen LogP contribution < -0.4 is 9.80 Å². The molecular weight excluding hydrogens is 324 g/mol. The van der Waals surface area contributed by atoms with Gasteiger partial charge in [-0.05, 0) is 37.1 Å². The van der Waals surface area contributed by atoms with E-state index in [1.54, 1.807) is 23.9 Å². The molecule has 0 bridgehead atoms. The maximum atomic E-state index is 13.1. The van der Waals surface area contributed by atoms with Gasteiger partial charge in [-0.15, -0.1) is 0 Å². The lowest BCUT2D eigenvalue weighted by atomic mass is 9.77. The number of anilines is 2. The summed E-state index contributed by atoms with van der Waals surface area (Å²) < 4.78 is 0. The summed E-state index contributed by atoms with van der Waals surface area (Å²) >= 11 is 0. The van der Waals surface area contributed by atoms with Gasteiger partial charge < -0.3 is 9.80 Å². The van der Waals surface area contributed by atoms with Gasteiger partial charge in [-0.2, -0.15) is 0 Å². The minimum absolute atomic E-state index is 0.0377. The Morgan fingerprint density at radius 3 is 1.38 bits per heavy atom. The van der Waals surface area contributed by atoms with E-state index < -0.39 is 0 Å². The lowest BCUT2D eigenvalue weighted by Gasteiger charge is -2.34. The van der Waals surface area contributed by atoms with Crippen LogP contribution in [0.5, 0.6) is 0 Å². The van der Waals surface area contributed by atoms with E-state index in [1.807, 2.05) is 60.7 Å². The van der Waals surface area contributed by atoms with Crippen LogP contribution in [0.15, 0.2) is 60.7 Å². The summed E-state index contributed by atoms with van der Waals surface area (Å²) in [5.74, 6) is -0.438. The van der Waals surface area contributed by atoms with Crippen molar-refractivity contribution >= 4 is 23.2 Å². The van der Waals surface area contributed by atoms with E-state index in [1.165, 1.54) is 0 Å². The molecular formula is C22H26N2O2. The topological polar surface area (TPSA) is 40.6 Å². The van der Waals surface area contributed by atoms with Gasteiger partial charge >= 0.3 is 0 Å². The van der Waals surface area contributed by atoms with Crippen LogP contribution in [0, 0.1) is 11.8 Å². The van der Waals surface area contributed by atoms with E-state index in [-0.39, 0.29) is 23.7 Å². The van der Waals surface area contributed by atoms with Gasteiger partial charge in [-0.3, -0.25) is 9.59 Å². The normalized spacial score (nSPS) is 19.6. The average Bonchev–Trinajstić information content (AvgIpc) is 2.73. The number of carbonyl (C=O) groups is 2. The van der Waals surface area contributed by atoms with Gasteiger partial charge in [0.15, 0.2) is 0 Å². The Hall–Kier alpha value is -2.62. The van der Waals surface area contributed by atoms with E-state index >= 15 is 0 Å². The van der Waals surface area contributed by atoms with Gasteiger partial charge in [0.1, 0.15) is 0 Å². The van der Waals surface area contributed by atoms with Gasteiger partial charge in [0.2, 0.25) is 11.8 Å². The van der Waals surface area contributed by atoms with Crippen LogP contribution >= 0.6 is 0 Å². The molecule has 2 aromatic carbocycles. The highest BCUT2D eigenvalue weighted by atomic mass is 16.2. The highest BCUT2D eigenvalue weighted by Crippen LogP contribution is 2.34. The fourth-order valence-electron chi connectivity index (χ4n) is 3.78. The lowest BCUT2D eigenvalue weighted by Crippen LogP contribution is -2.45. The zero-order valence-corrected chi connectivity index (χ0v) is 15.5. The molecule has 0 spiro atoms. The summed E-state index contributed by atoms with van der Waals surface area (Å²) in [6.45, 7) is 0. The van der Waals surface area contributed by atoms with Crippen molar-refractivity contribution in [2.75, 3.05) is 23.9 Å². The second-order valence-corrected chi connectivity index (χ2v) is 6.96. The molecule has 2 aromatic rings. The summed E-state index contributed by atoms with van der Waals surface area (Å²) in [5.41, 5.74) is 1.73. The molecule has 1 fully saturated rings. The third-order valence-corrected chi connectivity index (χ3v) is 5.35. The molecule has 1 saturated carbocycles. The highest BCUT2D eigenvalue weighted by molar-refractivity contribution is 6.01. The number of rotatable bonds is 4. The Labute approximate surface area is 155 Å². The van der Waals surface area contributed by atoms with E-state index in [2.05, 4.69) is 0 Å². The molecule has 1 aliphatic rings. The van der Waals surface area contributed by atoms with Crippen molar-refractivity contribution in [3.8, 4) is 0 Å². The monoisotopic (exact) mass is 350 g/mol. The van der Waals surface area contributed by atoms with Crippen LogP contribution in [0.2, 0.25) is 0 Å². The molecule has 0 N–H and O–H groups in total. The minimum atomic E-state index is -0.257. The summed E-state index contributed by atoms with van der Waals surface area (Å²) in [5, 5.41) is 0. The maximum Gasteiger partial charge on any atom is 0.230 e. The Bertz CT molecular complexity index is 680. The molecule has 4 nitrogen and oxygen atoms in total. The van der Waals surface area contributed by atoms with Crippen molar-refractivity contribution in [2.24, 2.45) is 11.8 Å². The molecule has 0 aromatic heterocycles. The Morgan fingerprint density at radius 2 is 1.04 bits per heavy atom. The average molecular weight is 350 g/mol.